The van der Waals surface area contributed by atoms with Crippen LogP contribution in [0.2, 0.25) is 0 Å². The van der Waals surface area contributed by atoms with E-state index in [4.69, 9.17) is 5.73 Å². The molecule has 1 atom stereocenters. The summed E-state index contributed by atoms with van der Waals surface area (Å²) in [5, 5.41) is 12.1. The SMILES string of the molecule is CC(=O)NC(Cc1ccc(C(C)(C)N)cc1)c1nnc(-c2cccc(OC(F)(F)F)c2)s1. The molecule has 2 aromatic carbocycles. The topological polar surface area (TPSA) is 90.1 Å². The highest BCUT2D eigenvalue weighted by Gasteiger charge is 2.31. The van der Waals surface area contributed by atoms with E-state index in [1.165, 1.54) is 36.5 Å². The summed E-state index contributed by atoms with van der Waals surface area (Å²) in [4.78, 5) is 11.8. The number of benzene rings is 2. The van der Waals surface area contributed by atoms with Gasteiger partial charge in [-0.25, -0.2) is 0 Å². The number of hydrogen-bond acceptors (Lipinski definition) is 6. The number of aromatic nitrogens is 2. The van der Waals surface area contributed by atoms with E-state index in [0.29, 0.717) is 22.0 Å². The minimum atomic E-state index is -4.78. The summed E-state index contributed by atoms with van der Waals surface area (Å²) in [6.07, 6.45) is -4.31. The van der Waals surface area contributed by atoms with E-state index in [1.807, 2.05) is 38.1 Å². The number of rotatable bonds is 7. The second-order valence-corrected chi connectivity index (χ2v) is 8.91. The smallest absolute Gasteiger partial charge is 0.406 e. The molecule has 0 fully saturated rings. The standard InChI is InChI=1S/C22H23F3N4O2S/c1-13(30)27-18(11-14-7-9-16(10-8-14)21(2,3)26)20-29-28-19(32-20)15-5-4-6-17(12-15)31-22(23,24)25/h4-10,12,18H,11,26H2,1-3H3,(H,27,30). The zero-order chi connectivity index (χ0) is 23.5. The Morgan fingerprint density at radius 2 is 1.84 bits per heavy atom. The number of carbonyl (C=O) groups excluding carboxylic acids is 1. The lowest BCUT2D eigenvalue weighted by Crippen LogP contribution is -2.29. The zero-order valence-electron chi connectivity index (χ0n) is 17.7. The van der Waals surface area contributed by atoms with E-state index in [0.717, 1.165) is 11.1 Å². The number of carbonyl (C=O) groups is 1. The Labute approximate surface area is 187 Å². The van der Waals surface area contributed by atoms with Crippen molar-refractivity contribution >= 4 is 17.2 Å². The second-order valence-electron chi connectivity index (χ2n) is 7.90. The molecular formula is C22H23F3N4O2S. The van der Waals surface area contributed by atoms with Gasteiger partial charge in [0.05, 0.1) is 6.04 Å². The number of hydrogen-bond donors (Lipinski definition) is 2. The Hall–Kier alpha value is -2.98. The lowest BCUT2D eigenvalue weighted by molar-refractivity contribution is -0.274. The first-order chi connectivity index (χ1) is 14.9. The second kappa shape index (κ2) is 9.25. The number of nitrogens with two attached hydrogens (primary N) is 1. The van der Waals surface area contributed by atoms with Crippen LogP contribution < -0.4 is 15.8 Å². The predicted molar refractivity (Wildman–Crippen MR) is 116 cm³/mol. The van der Waals surface area contributed by atoms with E-state index in [9.17, 15) is 18.0 Å². The van der Waals surface area contributed by atoms with Gasteiger partial charge in [0.25, 0.3) is 0 Å². The molecule has 0 bridgehead atoms. The maximum atomic E-state index is 12.5. The van der Waals surface area contributed by atoms with Crippen LogP contribution in [-0.2, 0) is 16.8 Å². The third kappa shape index (κ3) is 6.51. The van der Waals surface area contributed by atoms with Crippen LogP contribution in [0.5, 0.6) is 5.75 Å². The quantitative estimate of drug-likeness (QED) is 0.528. The van der Waals surface area contributed by atoms with Crippen molar-refractivity contribution in [1.29, 1.82) is 0 Å². The fraction of sp³-hybridized carbons (Fsp3) is 0.318. The molecule has 10 heteroatoms. The Morgan fingerprint density at radius 3 is 2.44 bits per heavy atom. The summed E-state index contributed by atoms with van der Waals surface area (Å²) in [6.45, 7) is 5.24. The van der Waals surface area contributed by atoms with Crippen molar-refractivity contribution < 1.29 is 22.7 Å². The van der Waals surface area contributed by atoms with Gasteiger partial charge in [-0.3, -0.25) is 4.79 Å². The van der Waals surface area contributed by atoms with Crippen LogP contribution in [0.25, 0.3) is 10.6 Å². The molecule has 6 nitrogen and oxygen atoms in total. The molecular weight excluding hydrogens is 441 g/mol. The molecule has 0 aliphatic heterocycles. The Bertz CT molecular complexity index is 1080. The van der Waals surface area contributed by atoms with Crippen molar-refractivity contribution in [2.24, 2.45) is 5.73 Å². The predicted octanol–water partition coefficient (Wildman–Crippen LogP) is 4.72. The summed E-state index contributed by atoms with van der Waals surface area (Å²) in [7, 11) is 0. The first kappa shape index (κ1) is 23.7. The van der Waals surface area contributed by atoms with Crippen molar-refractivity contribution in [2.45, 2.75) is 45.1 Å². The van der Waals surface area contributed by atoms with Gasteiger partial charge in [0.2, 0.25) is 5.91 Å². The maximum Gasteiger partial charge on any atom is 0.573 e. The third-order valence-electron chi connectivity index (χ3n) is 4.57. The van der Waals surface area contributed by atoms with Crippen molar-refractivity contribution in [2.75, 3.05) is 0 Å². The molecule has 3 aromatic rings. The molecule has 1 aromatic heterocycles. The van der Waals surface area contributed by atoms with Gasteiger partial charge in [0.1, 0.15) is 15.8 Å². The fourth-order valence-electron chi connectivity index (χ4n) is 3.07. The molecule has 1 heterocycles. The number of amides is 1. The number of halogens is 3. The molecule has 1 unspecified atom stereocenters. The first-order valence-electron chi connectivity index (χ1n) is 9.76. The average molecular weight is 465 g/mol. The minimum Gasteiger partial charge on any atom is -0.406 e. The van der Waals surface area contributed by atoms with Gasteiger partial charge < -0.3 is 15.8 Å². The minimum absolute atomic E-state index is 0.230. The van der Waals surface area contributed by atoms with E-state index < -0.39 is 17.9 Å². The van der Waals surface area contributed by atoms with Crippen LogP contribution >= 0.6 is 11.3 Å². The van der Waals surface area contributed by atoms with Gasteiger partial charge in [0, 0.05) is 18.0 Å². The molecule has 0 spiro atoms. The number of alkyl halides is 3. The van der Waals surface area contributed by atoms with Crippen LogP contribution in [0.4, 0.5) is 13.2 Å². The number of nitrogens with one attached hydrogen (secondary N) is 1. The van der Waals surface area contributed by atoms with Crippen molar-refractivity contribution in [3.63, 3.8) is 0 Å². The number of ether oxygens (including phenoxy) is 1. The summed E-state index contributed by atoms with van der Waals surface area (Å²) in [5.41, 5.74) is 8.04. The molecule has 1 amide bonds. The first-order valence-corrected chi connectivity index (χ1v) is 10.6. The van der Waals surface area contributed by atoms with Crippen LogP contribution in [0, 0.1) is 0 Å². The maximum absolute atomic E-state index is 12.5. The molecule has 0 saturated carbocycles. The van der Waals surface area contributed by atoms with Crippen molar-refractivity contribution in [1.82, 2.24) is 15.5 Å². The highest BCUT2D eigenvalue weighted by atomic mass is 32.1. The van der Waals surface area contributed by atoms with Gasteiger partial charge in [-0.1, -0.05) is 47.7 Å². The Kier molecular flexibility index (Phi) is 6.85. The summed E-state index contributed by atoms with van der Waals surface area (Å²) in [5.74, 6) is -0.569. The van der Waals surface area contributed by atoms with Crippen LogP contribution in [0.3, 0.4) is 0 Å². The largest absolute Gasteiger partial charge is 0.573 e. The van der Waals surface area contributed by atoms with Crippen molar-refractivity contribution in [3.05, 3.63) is 64.7 Å². The van der Waals surface area contributed by atoms with Crippen molar-refractivity contribution in [3.8, 4) is 16.3 Å². The molecule has 0 aliphatic rings. The third-order valence-corrected chi connectivity index (χ3v) is 5.65. The lowest BCUT2D eigenvalue weighted by Gasteiger charge is -2.20. The summed E-state index contributed by atoms with van der Waals surface area (Å²) in [6, 6.07) is 12.9. The lowest BCUT2D eigenvalue weighted by atomic mass is 9.94. The van der Waals surface area contributed by atoms with E-state index >= 15 is 0 Å². The molecule has 32 heavy (non-hydrogen) atoms. The van der Waals surface area contributed by atoms with Crippen LogP contribution in [0.1, 0.15) is 42.9 Å². The summed E-state index contributed by atoms with van der Waals surface area (Å²) >= 11 is 1.20. The molecule has 170 valence electrons. The van der Waals surface area contributed by atoms with Gasteiger partial charge in [-0.05, 0) is 43.5 Å². The van der Waals surface area contributed by atoms with Crippen LogP contribution in [-0.4, -0.2) is 22.5 Å². The van der Waals surface area contributed by atoms with E-state index in [-0.39, 0.29) is 11.7 Å². The van der Waals surface area contributed by atoms with Gasteiger partial charge in [0.15, 0.2) is 0 Å². The summed E-state index contributed by atoms with van der Waals surface area (Å²) < 4.78 is 41.5. The monoisotopic (exact) mass is 464 g/mol. The molecule has 0 aliphatic carbocycles. The zero-order valence-corrected chi connectivity index (χ0v) is 18.6. The normalized spacial score (nSPS) is 13.0. The average Bonchev–Trinajstić information content (AvgIpc) is 3.16. The highest BCUT2D eigenvalue weighted by molar-refractivity contribution is 7.14. The number of nitrogens with zero attached hydrogens (tertiary/aromatic N) is 2. The van der Waals surface area contributed by atoms with E-state index in [2.05, 4.69) is 20.3 Å². The van der Waals surface area contributed by atoms with Crippen LogP contribution in [0.15, 0.2) is 48.5 Å². The molecule has 3 rings (SSSR count). The highest BCUT2D eigenvalue weighted by Crippen LogP contribution is 2.32. The van der Waals surface area contributed by atoms with Gasteiger partial charge in [-0.15, -0.1) is 23.4 Å². The Balaban J connectivity index is 1.83. The molecule has 0 saturated heterocycles. The molecule has 3 N–H and O–H groups in total. The van der Waals surface area contributed by atoms with Gasteiger partial charge in [-0.2, -0.15) is 0 Å². The molecule has 0 radical (unpaired) electrons. The fourth-order valence-corrected chi connectivity index (χ4v) is 3.96. The van der Waals surface area contributed by atoms with Gasteiger partial charge >= 0.3 is 6.36 Å². The van der Waals surface area contributed by atoms with E-state index in [1.54, 1.807) is 6.07 Å². The Morgan fingerprint density at radius 1 is 1.16 bits per heavy atom.